The standard InChI is InChI=1S/C19H20N4O3S3/c1-14-2-4-15(5-3-14)29(25,26)23-9-7-22(8-10-23)17(24)12-28-19-16-6-11-27-18(16)20-13-21-19/h2-6,11,13H,7-10,12H2,1H3. The molecule has 2 aromatic heterocycles. The van der Waals surface area contributed by atoms with Gasteiger partial charge in [0.2, 0.25) is 15.9 Å². The molecular weight excluding hydrogens is 428 g/mol. The maximum absolute atomic E-state index is 12.8. The van der Waals surface area contributed by atoms with Crippen LogP contribution in [0.25, 0.3) is 10.2 Å². The maximum Gasteiger partial charge on any atom is 0.243 e. The van der Waals surface area contributed by atoms with Crippen LogP contribution < -0.4 is 0 Å². The number of carbonyl (C=O) groups is 1. The van der Waals surface area contributed by atoms with E-state index in [9.17, 15) is 13.2 Å². The number of aromatic nitrogens is 2. The van der Waals surface area contributed by atoms with Crippen LogP contribution in [-0.2, 0) is 14.8 Å². The number of fused-ring (bicyclic) bond motifs is 1. The van der Waals surface area contributed by atoms with Crippen molar-refractivity contribution in [1.82, 2.24) is 19.2 Å². The van der Waals surface area contributed by atoms with E-state index in [0.29, 0.717) is 31.1 Å². The van der Waals surface area contributed by atoms with Crippen LogP contribution in [0.1, 0.15) is 5.56 Å². The SMILES string of the molecule is Cc1ccc(S(=O)(=O)N2CCN(C(=O)CSc3ncnc4sccc34)CC2)cc1. The molecule has 3 heterocycles. The number of amides is 1. The highest BCUT2D eigenvalue weighted by atomic mass is 32.2. The zero-order valence-corrected chi connectivity index (χ0v) is 18.3. The second-order valence-corrected chi connectivity index (χ2v) is 10.5. The smallest absolute Gasteiger partial charge is 0.243 e. The Labute approximate surface area is 177 Å². The summed E-state index contributed by atoms with van der Waals surface area (Å²) in [6.45, 7) is 3.30. The molecule has 0 bridgehead atoms. The normalized spacial score (nSPS) is 15.7. The van der Waals surface area contributed by atoms with Crippen molar-refractivity contribution in [3.8, 4) is 0 Å². The first kappa shape index (κ1) is 20.3. The number of sulfonamides is 1. The van der Waals surface area contributed by atoms with Gasteiger partial charge in [0, 0.05) is 31.6 Å². The number of piperazine rings is 1. The minimum absolute atomic E-state index is 0.00984. The van der Waals surface area contributed by atoms with Crippen molar-refractivity contribution < 1.29 is 13.2 Å². The van der Waals surface area contributed by atoms with Crippen LogP contribution in [0.4, 0.5) is 0 Å². The molecule has 1 aliphatic heterocycles. The largest absolute Gasteiger partial charge is 0.339 e. The highest BCUT2D eigenvalue weighted by Crippen LogP contribution is 2.28. The number of hydrogen-bond acceptors (Lipinski definition) is 7. The number of thiophene rings is 1. The average Bonchev–Trinajstić information content (AvgIpc) is 3.22. The number of carbonyl (C=O) groups excluding carboxylic acids is 1. The number of benzene rings is 1. The van der Waals surface area contributed by atoms with Crippen LogP contribution in [0.15, 0.2) is 52.0 Å². The van der Waals surface area contributed by atoms with Crippen molar-refractivity contribution >= 4 is 49.2 Å². The summed E-state index contributed by atoms with van der Waals surface area (Å²) in [5.41, 5.74) is 1.01. The number of aryl methyl sites for hydroxylation is 1. The van der Waals surface area contributed by atoms with Crippen LogP contribution >= 0.6 is 23.1 Å². The van der Waals surface area contributed by atoms with Crippen LogP contribution in [-0.4, -0.2) is 65.4 Å². The lowest BCUT2D eigenvalue weighted by Crippen LogP contribution is -2.50. The van der Waals surface area contributed by atoms with E-state index in [-0.39, 0.29) is 11.7 Å². The zero-order valence-electron chi connectivity index (χ0n) is 15.8. The Kier molecular flexibility index (Phi) is 5.86. The molecule has 1 saturated heterocycles. The van der Waals surface area contributed by atoms with E-state index < -0.39 is 10.0 Å². The zero-order chi connectivity index (χ0) is 20.4. The summed E-state index contributed by atoms with van der Waals surface area (Å²) in [5.74, 6) is 0.261. The third kappa shape index (κ3) is 4.30. The van der Waals surface area contributed by atoms with Gasteiger partial charge < -0.3 is 4.90 Å². The summed E-state index contributed by atoms with van der Waals surface area (Å²) in [6.07, 6.45) is 1.51. The quantitative estimate of drug-likeness (QED) is 0.441. The molecule has 1 fully saturated rings. The van der Waals surface area contributed by atoms with Crippen molar-refractivity contribution in [1.29, 1.82) is 0 Å². The van der Waals surface area contributed by atoms with Gasteiger partial charge in [0.25, 0.3) is 0 Å². The summed E-state index contributed by atoms with van der Waals surface area (Å²) >= 11 is 2.94. The van der Waals surface area contributed by atoms with E-state index in [2.05, 4.69) is 9.97 Å². The third-order valence-electron chi connectivity index (χ3n) is 4.81. The Balaban J connectivity index is 1.35. The Bertz CT molecular complexity index is 1120. The van der Waals surface area contributed by atoms with E-state index in [1.165, 1.54) is 22.4 Å². The van der Waals surface area contributed by atoms with Gasteiger partial charge in [-0.1, -0.05) is 29.5 Å². The molecule has 7 nitrogen and oxygen atoms in total. The molecule has 0 atom stereocenters. The van der Waals surface area contributed by atoms with Gasteiger partial charge in [-0.2, -0.15) is 4.31 Å². The van der Waals surface area contributed by atoms with Gasteiger partial charge in [-0.25, -0.2) is 18.4 Å². The lowest BCUT2D eigenvalue weighted by molar-refractivity contribution is -0.129. The van der Waals surface area contributed by atoms with Crippen LogP contribution in [0.5, 0.6) is 0 Å². The molecule has 1 amide bonds. The highest BCUT2D eigenvalue weighted by molar-refractivity contribution is 8.00. The first-order valence-corrected chi connectivity index (χ1v) is 12.4. The molecular formula is C19H20N4O3S3. The van der Waals surface area contributed by atoms with Gasteiger partial charge >= 0.3 is 0 Å². The molecule has 29 heavy (non-hydrogen) atoms. The van der Waals surface area contributed by atoms with Crippen LogP contribution in [0.3, 0.4) is 0 Å². The monoisotopic (exact) mass is 448 g/mol. The van der Waals surface area contributed by atoms with Crippen molar-refractivity contribution in [2.75, 3.05) is 31.9 Å². The molecule has 152 valence electrons. The fourth-order valence-electron chi connectivity index (χ4n) is 3.14. The van der Waals surface area contributed by atoms with Gasteiger partial charge in [0.05, 0.1) is 10.6 Å². The Morgan fingerprint density at radius 1 is 1.10 bits per heavy atom. The fraction of sp³-hybridized carbons (Fsp3) is 0.316. The summed E-state index contributed by atoms with van der Waals surface area (Å²) in [7, 11) is -3.53. The molecule has 10 heteroatoms. The van der Waals surface area contributed by atoms with Gasteiger partial charge in [-0.3, -0.25) is 4.79 Å². The van der Waals surface area contributed by atoms with Crippen LogP contribution in [0, 0.1) is 6.92 Å². The highest BCUT2D eigenvalue weighted by Gasteiger charge is 2.30. The number of rotatable bonds is 5. The Morgan fingerprint density at radius 3 is 2.55 bits per heavy atom. The summed E-state index contributed by atoms with van der Waals surface area (Å²) in [5, 5.41) is 3.72. The van der Waals surface area contributed by atoms with E-state index >= 15 is 0 Å². The lowest BCUT2D eigenvalue weighted by atomic mass is 10.2. The van der Waals surface area contributed by atoms with E-state index in [4.69, 9.17) is 0 Å². The van der Waals surface area contributed by atoms with Crippen LogP contribution in [0.2, 0.25) is 0 Å². The summed E-state index contributed by atoms with van der Waals surface area (Å²) in [6, 6.07) is 8.81. The second kappa shape index (κ2) is 8.39. The predicted molar refractivity (Wildman–Crippen MR) is 115 cm³/mol. The molecule has 4 rings (SSSR count). The van der Waals surface area contributed by atoms with Gasteiger partial charge in [0.1, 0.15) is 16.2 Å². The minimum atomic E-state index is -3.53. The van der Waals surface area contributed by atoms with E-state index in [1.54, 1.807) is 40.5 Å². The van der Waals surface area contributed by atoms with Gasteiger partial charge in [-0.15, -0.1) is 11.3 Å². The Hall–Kier alpha value is -2.01. The molecule has 0 N–H and O–H groups in total. The van der Waals surface area contributed by atoms with Crippen molar-refractivity contribution in [2.45, 2.75) is 16.8 Å². The first-order chi connectivity index (χ1) is 13.9. The maximum atomic E-state index is 12.8. The average molecular weight is 449 g/mol. The molecule has 0 spiro atoms. The first-order valence-electron chi connectivity index (χ1n) is 9.11. The fourth-order valence-corrected chi connectivity index (χ4v) is 6.25. The molecule has 1 aromatic carbocycles. The number of thioether (sulfide) groups is 1. The Morgan fingerprint density at radius 2 is 1.83 bits per heavy atom. The summed E-state index contributed by atoms with van der Waals surface area (Å²) in [4.78, 5) is 24.0. The molecule has 0 radical (unpaired) electrons. The van der Waals surface area contributed by atoms with Gasteiger partial charge in [-0.05, 0) is 30.5 Å². The lowest BCUT2D eigenvalue weighted by Gasteiger charge is -2.34. The number of nitrogens with zero attached hydrogens (tertiary/aromatic N) is 4. The molecule has 0 aliphatic carbocycles. The van der Waals surface area contributed by atoms with Crippen molar-refractivity contribution in [3.05, 3.63) is 47.6 Å². The topological polar surface area (TPSA) is 83.5 Å². The summed E-state index contributed by atoms with van der Waals surface area (Å²) < 4.78 is 27.0. The molecule has 3 aromatic rings. The van der Waals surface area contributed by atoms with Crippen molar-refractivity contribution in [3.63, 3.8) is 0 Å². The van der Waals surface area contributed by atoms with E-state index in [1.807, 2.05) is 18.4 Å². The van der Waals surface area contributed by atoms with E-state index in [0.717, 1.165) is 20.8 Å². The molecule has 0 unspecified atom stereocenters. The van der Waals surface area contributed by atoms with Crippen molar-refractivity contribution in [2.24, 2.45) is 0 Å². The molecule has 0 saturated carbocycles. The second-order valence-electron chi connectivity index (χ2n) is 6.70. The minimum Gasteiger partial charge on any atom is -0.339 e. The number of hydrogen-bond donors (Lipinski definition) is 0. The predicted octanol–water partition coefficient (Wildman–Crippen LogP) is 2.62. The molecule has 1 aliphatic rings. The third-order valence-corrected chi connectivity index (χ3v) is 8.53. The van der Waals surface area contributed by atoms with Gasteiger partial charge in [0.15, 0.2) is 0 Å².